The minimum atomic E-state index is 0.349. The van der Waals surface area contributed by atoms with Crippen molar-refractivity contribution in [2.24, 2.45) is 7.05 Å². The van der Waals surface area contributed by atoms with Crippen LogP contribution in [0.5, 0.6) is 0 Å². The van der Waals surface area contributed by atoms with Gasteiger partial charge in [0.15, 0.2) is 5.65 Å². The lowest BCUT2D eigenvalue weighted by atomic mass is 10.1. The molecule has 0 aromatic carbocycles. The first kappa shape index (κ1) is 13.8. The van der Waals surface area contributed by atoms with Gasteiger partial charge in [-0.25, -0.2) is 4.98 Å². The Bertz CT molecular complexity index is 730. The van der Waals surface area contributed by atoms with Crippen LogP contribution in [0.2, 0.25) is 0 Å². The highest BCUT2D eigenvalue weighted by Gasteiger charge is 2.09. The average molecular weight is 284 g/mol. The van der Waals surface area contributed by atoms with Crippen molar-refractivity contribution in [1.29, 1.82) is 0 Å². The fraction of sp³-hybridized carbons (Fsp3) is 0.375. The van der Waals surface area contributed by atoms with Gasteiger partial charge in [0, 0.05) is 37.6 Å². The third-order valence-electron chi connectivity index (χ3n) is 3.66. The molecule has 5 heteroatoms. The molecule has 0 radical (unpaired) electrons. The zero-order valence-corrected chi connectivity index (χ0v) is 12.6. The Morgan fingerprint density at radius 2 is 2.29 bits per heavy atom. The summed E-state index contributed by atoms with van der Waals surface area (Å²) in [6.07, 6.45) is 4.51. The number of hydrogen-bond acceptors (Lipinski definition) is 4. The van der Waals surface area contributed by atoms with Crippen molar-refractivity contribution >= 4 is 11.0 Å². The van der Waals surface area contributed by atoms with Crippen LogP contribution in [-0.2, 0) is 20.0 Å². The first-order valence-electron chi connectivity index (χ1n) is 7.17. The Labute approximate surface area is 124 Å². The fourth-order valence-corrected chi connectivity index (χ4v) is 2.54. The van der Waals surface area contributed by atoms with E-state index in [2.05, 4.69) is 28.4 Å². The number of aryl methyl sites for hydroxylation is 2. The summed E-state index contributed by atoms with van der Waals surface area (Å²) in [5, 5.41) is 9.02. The number of fused-ring (bicyclic) bond motifs is 1. The molecule has 0 spiro atoms. The summed E-state index contributed by atoms with van der Waals surface area (Å²) in [5.41, 5.74) is 3.12. The molecule has 21 heavy (non-hydrogen) atoms. The molecule has 1 N–H and O–H groups in total. The molecule has 3 aromatic heterocycles. The van der Waals surface area contributed by atoms with Crippen molar-refractivity contribution in [3.8, 4) is 0 Å². The molecule has 1 atom stereocenters. The van der Waals surface area contributed by atoms with E-state index in [4.69, 9.17) is 4.42 Å². The van der Waals surface area contributed by atoms with E-state index in [1.807, 2.05) is 37.0 Å². The van der Waals surface area contributed by atoms with Crippen LogP contribution in [-0.4, -0.2) is 20.8 Å². The molecular weight excluding hydrogens is 264 g/mol. The second-order valence-electron chi connectivity index (χ2n) is 5.49. The molecule has 0 fully saturated rings. The van der Waals surface area contributed by atoms with E-state index < -0.39 is 0 Å². The van der Waals surface area contributed by atoms with Gasteiger partial charge in [-0.3, -0.25) is 4.68 Å². The van der Waals surface area contributed by atoms with Gasteiger partial charge in [-0.15, -0.1) is 0 Å². The molecule has 0 aliphatic heterocycles. The Morgan fingerprint density at radius 3 is 3.05 bits per heavy atom. The molecule has 5 nitrogen and oxygen atoms in total. The number of furan rings is 1. The standard InChI is InChI=1S/C16H20N4O/c1-11(7-14-5-4-6-21-14)17-9-13-8-15-12(2)19-20(3)16(15)18-10-13/h4-6,8,10-11,17H,7,9H2,1-3H3/t11-/m0/s1. The average Bonchev–Trinajstić information content (AvgIpc) is 3.06. The van der Waals surface area contributed by atoms with Crippen LogP contribution in [0.3, 0.4) is 0 Å². The Kier molecular flexibility index (Phi) is 3.75. The summed E-state index contributed by atoms with van der Waals surface area (Å²) in [7, 11) is 1.92. The first-order valence-corrected chi connectivity index (χ1v) is 7.17. The van der Waals surface area contributed by atoms with Gasteiger partial charge in [0.1, 0.15) is 5.76 Å². The molecule has 3 rings (SSSR count). The number of aromatic nitrogens is 3. The molecule has 0 saturated heterocycles. The Hall–Kier alpha value is -2.14. The van der Waals surface area contributed by atoms with Crippen molar-refractivity contribution in [2.45, 2.75) is 32.9 Å². The topological polar surface area (TPSA) is 55.9 Å². The second-order valence-corrected chi connectivity index (χ2v) is 5.49. The number of rotatable bonds is 5. The maximum absolute atomic E-state index is 5.37. The molecular formula is C16H20N4O. The van der Waals surface area contributed by atoms with Crippen molar-refractivity contribution in [1.82, 2.24) is 20.1 Å². The van der Waals surface area contributed by atoms with Crippen LogP contribution in [0, 0.1) is 6.92 Å². The van der Waals surface area contributed by atoms with Gasteiger partial charge < -0.3 is 9.73 Å². The summed E-state index contributed by atoms with van der Waals surface area (Å²) >= 11 is 0. The van der Waals surface area contributed by atoms with Crippen molar-refractivity contribution < 1.29 is 4.42 Å². The zero-order valence-electron chi connectivity index (χ0n) is 12.6. The SMILES string of the molecule is Cc1nn(C)c2ncc(CN[C@@H](C)Cc3ccco3)cc12. The molecule has 0 bridgehead atoms. The summed E-state index contributed by atoms with van der Waals surface area (Å²) in [5.74, 6) is 1.01. The quantitative estimate of drug-likeness (QED) is 0.782. The lowest BCUT2D eigenvalue weighted by Gasteiger charge is -2.12. The summed E-state index contributed by atoms with van der Waals surface area (Å²) in [6, 6.07) is 6.44. The summed E-state index contributed by atoms with van der Waals surface area (Å²) in [4.78, 5) is 4.50. The normalized spacial score (nSPS) is 12.9. The predicted molar refractivity (Wildman–Crippen MR) is 82.0 cm³/mol. The van der Waals surface area contributed by atoms with Crippen molar-refractivity contribution in [2.75, 3.05) is 0 Å². The Balaban J connectivity index is 1.66. The van der Waals surface area contributed by atoms with E-state index >= 15 is 0 Å². The molecule has 0 amide bonds. The third kappa shape index (κ3) is 2.97. The molecule has 0 aliphatic carbocycles. The largest absolute Gasteiger partial charge is 0.469 e. The highest BCUT2D eigenvalue weighted by molar-refractivity contribution is 5.78. The van der Waals surface area contributed by atoms with Gasteiger partial charge in [0.05, 0.1) is 12.0 Å². The first-order chi connectivity index (χ1) is 10.1. The number of nitrogens with zero attached hydrogens (tertiary/aromatic N) is 3. The van der Waals surface area contributed by atoms with Gasteiger partial charge in [0.2, 0.25) is 0 Å². The van der Waals surface area contributed by atoms with E-state index in [9.17, 15) is 0 Å². The molecule has 0 unspecified atom stereocenters. The summed E-state index contributed by atoms with van der Waals surface area (Å²) < 4.78 is 7.19. The Morgan fingerprint density at radius 1 is 1.43 bits per heavy atom. The minimum Gasteiger partial charge on any atom is -0.469 e. The van der Waals surface area contributed by atoms with Crippen LogP contribution < -0.4 is 5.32 Å². The summed E-state index contributed by atoms with van der Waals surface area (Å²) in [6.45, 7) is 4.96. The van der Waals surface area contributed by atoms with Crippen LogP contribution in [0.15, 0.2) is 35.1 Å². The van der Waals surface area contributed by atoms with Crippen LogP contribution >= 0.6 is 0 Å². The molecule has 0 aliphatic rings. The third-order valence-corrected chi connectivity index (χ3v) is 3.66. The van der Waals surface area contributed by atoms with Crippen molar-refractivity contribution in [3.05, 3.63) is 47.7 Å². The zero-order chi connectivity index (χ0) is 14.8. The molecule has 3 heterocycles. The number of nitrogens with one attached hydrogen (secondary N) is 1. The monoisotopic (exact) mass is 284 g/mol. The van der Waals surface area contributed by atoms with Gasteiger partial charge in [-0.1, -0.05) is 0 Å². The van der Waals surface area contributed by atoms with Gasteiger partial charge in [-0.05, 0) is 37.6 Å². The predicted octanol–water partition coefficient (Wildman–Crippen LogP) is 2.59. The van der Waals surface area contributed by atoms with Gasteiger partial charge in [-0.2, -0.15) is 5.10 Å². The molecule has 3 aromatic rings. The maximum Gasteiger partial charge on any atom is 0.157 e. The number of pyridine rings is 1. The van der Waals surface area contributed by atoms with Gasteiger partial charge >= 0.3 is 0 Å². The van der Waals surface area contributed by atoms with Crippen LogP contribution in [0.1, 0.15) is 23.9 Å². The van der Waals surface area contributed by atoms with Crippen LogP contribution in [0.25, 0.3) is 11.0 Å². The van der Waals surface area contributed by atoms with E-state index in [1.165, 1.54) is 5.56 Å². The van der Waals surface area contributed by atoms with E-state index in [-0.39, 0.29) is 0 Å². The number of hydrogen-bond donors (Lipinski definition) is 1. The highest BCUT2D eigenvalue weighted by Crippen LogP contribution is 2.16. The van der Waals surface area contributed by atoms with Gasteiger partial charge in [0.25, 0.3) is 0 Å². The van der Waals surface area contributed by atoms with E-state index in [0.29, 0.717) is 6.04 Å². The smallest absolute Gasteiger partial charge is 0.157 e. The van der Waals surface area contributed by atoms with E-state index in [0.717, 1.165) is 35.5 Å². The second kappa shape index (κ2) is 5.69. The van der Waals surface area contributed by atoms with Crippen LogP contribution in [0.4, 0.5) is 0 Å². The molecule has 0 saturated carbocycles. The lowest BCUT2D eigenvalue weighted by Crippen LogP contribution is -2.27. The highest BCUT2D eigenvalue weighted by atomic mass is 16.3. The maximum atomic E-state index is 5.37. The van der Waals surface area contributed by atoms with Crippen molar-refractivity contribution in [3.63, 3.8) is 0 Å². The van der Waals surface area contributed by atoms with E-state index in [1.54, 1.807) is 6.26 Å². The lowest BCUT2D eigenvalue weighted by molar-refractivity contribution is 0.456. The minimum absolute atomic E-state index is 0.349. The fourth-order valence-electron chi connectivity index (χ4n) is 2.54. The molecule has 110 valence electrons.